The summed E-state index contributed by atoms with van der Waals surface area (Å²) in [5.74, 6) is -0.764. The van der Waals surface area contributed by atoms with E-state index in [4.69, 9.17) is 10.8 Å². The molecule has 0 radical (unpaired) electrons. The fraction of sp³-hybridized carbons (Fsp3) is 0.0714. The van der Waals surface area contributed by atoms with Gasteiger partial charge < -0.3 is 15.9 Å². The molecule has 3 aromatic rings. The second-order valence-electron chi connectivity index (χ2n) is 4.56. The van der Waals surface area contributed by atoms with Crippen molar-refractivity contribution in [1.29, 1.82) is 0 Å². The van der Waals surface area contributed by atoms with Gasteiger partial charge in [-0.25, -0.2) is 14.8 Å². The first-order chi connectivity index (χ1) is 9.95. The van der Waals surface area contributed by atoms with Gasteiger partial charge in [-0.15, -0.1) is 11.3 Å². The molecule has 4 N–H and O–H groups in total. The lowest BCUT2D eigenvalue weighted by atomic mass is 10.0. The number of phenolic OH excluding ortho intramolecular Hbond substituents is 1. The number of aromatic carboxylic acids is 1. The number of carboxylic acid groups (broad SMARTS) is 1. The van der Waals surface area contributed by atoms with E-state index >= 15 is 0 Å². The molecule has 21 heavy (non-hydrogen) atoms. The van der Waals surface area contributed by atoms with Gasteiger partial charge in [0.1, 0.15) is 15.5 Å². The third kappa shape index (κ3) is 2.27. The lowest BCUT2D eigenvalue weighted by Gasteiger charge is -2.07. The van der Waals surface area contributed by atoms with E-state index in [0.29, 0.717) is 15.9 Å². The number of anilines is 1. The first kappa shape index (κ1) is 13.3. The number of nitrogen functional groups attached to an aromatic ring is 1. The summed E-state index contributed by atoms with van der Waals surface area (Å²) < 4.78 is 0. The Morgan fingerprint density at radius 3 is 2.71 bits per heavy atom. The molecule has 0 amide bonds. The zero-order chi connectivity index (χ0) is 15.1. The summed E-state index contributed by atoms with van der Waals surface area (Å²) in [7, 11) is 0. The van der Waals surface area contributed by atoms with Crippen LogP contribution in [0.3, 0.4) is 0 Å². The Bertz CT molecular complexity index is 873. The monoisotopic (exact) mass is 301 g/mol. The third-order valence-electron chi connectivity index (χ3n) is 3.09. The van der Waals surface area contributed by atoms with Crippen molar-refractivity contribution >= 4 is 33.5 Å². The van der Waals surface area contributed by atoms with Crippen molar-refractivity contribution in [1.82, 2.24) is 9.97 Å². The molecule has 106 valence electrons. The maximum absolute atomic E-state index is 11.1. The van der Waals surface area contributed by atoms with Gasteiger partial charge in [-0.1, -0.05) is 0 Å². The van der Waals surface area contributed by atoms with Crippen molar-refractivity contribution in [2.24, 2.45) is 0 Å². The molecule has 2 heterocycles. The second kappa shape index (κ2) is 4.71. The molecule has 0 bridgehead atoms. The number of fused-ring (bicyclic) bond motifs is 1. The summed E-state index contributed by atoms with van der Waals surface area (Å²) in [5.41, 5.74) is 7.88. The van der Waals surface area contributed by atoms with Crippen LogP contribution in [0.4, 0.5) is 5.95 Å². The van der Waals surface area contributed by atoms with Crippen molar-refractivity contribution in [3.05, 3.63) is 34.7 Å². The standard InChI is InChI=1S/C14H11N3O3S/c1-6-4-7(18)2-3-8(6)11-9-5-10(13(19)20)21-12(9)17-14(15)16-11/h2-5,18H,1H3,(H,19,20)(H2,15,16,17). The number of hydrogen-bond donors (Lipinski definition) is 3. The van der Waals surface area contributed by atoms with Crippen LogP contribution in [0.25, 0.3) is 21.5 Å². The molecule has 0 atom stereocenters. The highest BCUT2D eigenvalue weighted by molar-refractivity contribution is 7.20. The van der Waals surface area contributed by atoms with Gasteiger partial charge in [-0.05, 0) is 36.8 Å². The van der Waals surface area contributed by atoms with Gasteiger partial charge in [0.2, 0.25) is 5.95 Å². The highest BCUT2D eigenvalue weighted by Gasteiger charge is 2.16. The van der Waals surface area contributed by atoms with E-state index in [1.807, 2.05) is 6.92 Å². The topological polar surface area (TPSA) is 109 Å². The molecule has 0 saturated heterocycles. The predicted molar refractivity (Wildman–Crippen MR) is 80.6 cm³/mol. The van der Waals surface area contributed by atoms with Gasteiger partial charge in [0, 0.05) is 10.9 Å². The smallest absolute Gasteiger partial charge is 0.345 e. The summed E-state index contributed by atoms with van der Waals surface area (Å²) in [6.45, 7) is 1.84. The summed E-state index contributed by atoms with van der Waals surface area (Å²) >= 11 is 1.06. The number of benzene rings is 1. The average Bonchev–Trinajstić information content (AvgIpc) is 2.82. The minimum atomic E-state index is -1.01. The van der Waals surface area contributed by atoms with Gasteiger partial charge in [-0.3, -0.25) is 0 Å². The molecule has 1 aromatic carbocycles. The molecular weight excluding hydrogens is 290 g/mol. The van der Waals surface area contributed by atoms with Crippen molar-refractivity contribution < 1.29 is 15.0 Å². The summed E-state index contributed by atoms with van der Waals surface area (Å²) in [6, 6.07) is 6.44. The molecule has 3 rings (SSSR count). The van der Waals surface area contributed by atoms with Crippen LogP contribution in [0.2, 0.25) is 0 Å². The molecule has 0 saturated carbocycles. The maximum atomic E-state index is 11.1. The molecule has 0 aliphatic heterocycles. The number of nitrogens with zero attached hydrogens (tertiary/aromatic N) is 2. The Hall–Kier alpha value is -2.67. The molecular formula is C14H11N3O3S. The first-order valence-electron chi connectivity index (χ1n) is 6.06. The number of aryl methyl sites for hydroxylation is 1. The Morgan fingerprint density at radius 2 is 2.05 bits per heavy atom. The number of phenols is 1. The molecule has 0 spiro atoms. The van der Waals surface area contributed by atoms with E-state index in [0.717, 1.165) is 22.5 Å². The Kier molecular flexibility index (Phi) is 2.99. The molecule has 6 nitrogen and oxygen atoms in total. The molecule has 7 heteroatoms. The van der Waals surface area contributed by atoms with E-state index in [2.05, 4.69) is 9.97 Å². The lowest BCUT2D eigenvalue weighted by Crippen LogP contribution is -1.97. The minimum Gasteiger partial charge on any atom is -0.508 e. The molecule has 0 aliphatic carbocycles. The van der Waals surface area contributed by atoms with Gasteiger partial charge in [0.15, 0.2) is 0 Å². The van der Waals surface area contributed by atoms with Gasteiger partial charge in [0.05, 0.1) is 5.69 Å². The Morgan fingerprint density at radius 1 is 1.29 bits per heavy atom. The lowest BCUT2D eigenvalue weighted by molar-refractivity contribution is 0.0702. The maximum Gasteiger partial charge on any atom is 0.345 e. The normalized spacial score (nSPS) is 10.9. The Balaban J connectivity index is 2.33. The van der Waals surface area contributed by atoms with Crippen molar-refractivity contribution in [3.63, 3.8) is 0 Å². The number of nitrogens with two attached hydrogens (primary N) is 1. The largest absolute Gasteiger partial charge is 0.508 e. The van der Waals surface area contributed by atoms with E-state index in [9.17, 15) is 9.90 Å². The van der Waals surface area contributed by atoms with Gasteiger partial charge in [-0.2, -0.15) is 0 Å². The van der Waals surface area contributed by atoms with E-state index in [1.165, 1.54) is 0 Å². The fourth-order valence-electron chi connectivity index (χ4n) is 2.16. The van der Waals surface area contributed by atoms with Crippen molar-refractivity contribution in [2.45, 2.75) is 6.92 Å². The highest BCUT2D eigenvalue weighted by atomic mass is 32.1. The van der Waals surface area contributed by atoms with Crippen LogP contribution < -0.4 is 5.73 Å². The minimum absolute atomic E-state index is 0.0868. The Labute approximate surface area is 123 Å². The van der Waals surface area contributed by atoms with Crippen LogP contribution in [0.15, 0.2) is 24.3 Å². The van der Waals surface area contributed by atoms with Crippen LogP contribution in [0.1, 0.15) is 15.2 Å². The van der Waals surface area contributed by atoms with Crippen LogP contribution in [-0.2, 0) is 0 Å². The van der Waals surface area contributed by atoms with E-state index in [-0.39, 0.29) is 16.6 Å². The third-order valence-corrected chi connectivity index (χ3v) is 4.10. The second-order valence-corrected chi connectivity index (χ2v) is 5.59. The van der Waals surface area contributed by atoms with Crippen LogP contribution in [0, 0.1) is 6.92 Å². The number of aromatic hydroxyl groups is 1. The molecule has 2 aromatic heterocycles. The average molecular weight is 301 g/mol. The number of hydrogen-bond acceptors (Lipinski definition) is 6. The zero-order valence-electron chi connectivity index (χ0n) is 11.0. The number of rotatable bonds is 2. The number of carbonyl (C=O) groups is 1. The fourth-order valence-corrected chi connectivity index (χ4v) is 3.04. The van der Waals surface area contributed by atoms with Crippen molar-refractivity contribution in [2.75, 3.05) is 5.73 Å². The van der Waals surface area contributed by atoms with Crippen molar-refractivity contribution in [3.8, 4) is 17.0 Å². The van der Waals surface area contributed by atoms with Crippen LogP contribution in [0.5, 0.6) is 5.75 Å². The molecule has 0 fully saturated rings. The van der Waals surface area contributed by atoms with Crippen LogP contribution >= 0.6 is 11.3 Å². The summed E-state index contributed by atoms with van der Waals surface area (Å²) in [5, 5.41) is 19.2. The van der Waals surface area contributed by atoms with E-state index in [1.54, 1.807) is 24.3 Å². The SMILES string of the molecule is Cc1cc(O)ccc1-c1nc(N)nc2sc(C(=O)O)cc12. The highest BCUT2D eigenvalue weighted by Crippen LogP contribution is 2.34. The van der Waals surface area contributed by atoms with Gasteiger partial charge >= 0.3 is 5.97 Å². The molecule has 0 aliphatic rings. The number of carboxylic acids is 1. The molecule has 0 unspecified atom stereocenters. The van der Waals surface area contributed by atoms with E-state index < -0.39 is 5.97 Å². The first-order valence-corrected chi connectivity index (χ1v) is 6.87. The number of thiophene rings is 1. The predicted octanol–water partition coefficient (Wildman–Crippen LogP) is 2.65. The zero-order valence-corrected chi connectivity index (χ0v) is 11.8. The quantitative estimate of drug-likeness (QED) is 0.671. The van der Waals surface area contributed by atoms with Crippen LogP contribution in [-0.4, -0.2) is 26.2 Å². The van der Waals surface area contributed by atoms with Gasteiger partial charge in [0.25, 0.3) is 0 Å². The summed E-state index contributed by atoms with van der Waals surface area (Å²) in [6.07, 6.45) is 0. The summed E-state index contributed by atoms with van der Waals surface area (Å²) in [4.78, 5) is 20.1. The number of aromatic nitrogens is 2.